The number of carbonyl (C=O) groups excluding carboxylic acids is 2. The Morgan fingerprint density at radius 3 is 2.43 bits per heavy atom. The van der Waals surface area contributed by atoms with Crippen molar-refractivity contribution >= 4 is 11.8 Å². The summed E-state index contributed by atoms with van der Waals surface area (Å²) >= 11 is 0. The van der Waals surface area contributed by atoms with Crippen LogP contribution in [0.3, 0.4) is 0 Å². The third-order valence-corrected chi connectivity index (χ3v) is 4.97. The van der Waals surface area contributed by atoms with E-state index in [1.54, 1.807) is 4.90 Å². The Kier molecular flexibility index (Phi) is 8.24. The lowest BCUT2D eigenvalue weighted by molar-refractivity contribution is -0.140. The zero-order valence-electron chi connectivity index (χ0n) is 17.5. The zero-order valence-corrected chi connectivity index (χ0v) is 17.5. The summed E-state index contributed by atoms with van der Waals surface area (Å²) in [5.74, 6) is -0.0931. The van der Waals surface area contributed by atoms with E-state index in [2.05, 4.69) is 11.4 Å². The first-order chi connectivity index (χ1) is 13.5. The Hall–Kier alpha value is -2.62. The second-order valence-electron chi connectivity index (χ2n) is 7.33. The maximum Gasteiger partial charge on any atom is 0.242 e. The van der Waals surface area contributed by atoms with Crippen molar-refractivity contribution in [3.63, 3.8) is 0 Å². The van der Waals surface area contributed by atoms with Crippen molar-refractivity contribution in [2.75, 3.05) is 6.54 Å². The first-order valence-electron chi connectivity index (χ1n) is 10.1. The van der Waals surface area contributed by atoms with Gasteiger partial charge in [-0.1, -0.05) is 67.9 Å². The number of nitrogens with zero attached hydrogens (tertiary/aromatic N) is 1. The third kappa shape index (κ3) is 5.95. The fourth-order valence-corrected chi connectivity index (χ4v) is 3.37. The quantitative estimate of drug-likeness (QED) is 0.709. The van der Waals surface area contributed by atoms with Gasteiger partial charge in [-0.05, 0) is 43.4 Å². The molecule has 2 amide bonds. The number of rotatable bonds is 9. The topological polar surface area (TPSA) is 49.4 Å². The van der Waals surface area contributed by atoms with Crippen LogP contribution in [0.25, 0.3) is 0 Å². The van der Waals surface area contributed by atoms with Gasteiger partial charge in [0.2, 0.25) is 11.8 Å². The third-order valence-electron chi connectivity index (χ3n) is 4.97. The molecular weight excluding hydrogens is 348 g/mol. The van der Waals surface area contributed by atoms with Gasteiger partial charge in [0.25, 0.3) is 0 Å². The highest BCUT2D eigenvalue weighted by molar-refractivity contribution is 5.88. The van der Waals surface area contributed by atoms with Crippen molar-refractivity contribution in [3.05, 3.63) is 70.8 Å². The van der Waals surface area contributed by atoms with Crippen molar-refractivity contribution < 1.29 is 9.59 Å². The molecular formula is C24H32N2O2. The van der Waals surface area contributed by atoms with E-state index in [1.807, 2.05) is 70.2 Å². The fraction of sp³-hybridized carbons (Fsp3) is 0.417. The monoisotopic (exact) mass is 380 g/mol. The predicted molar refractivity (Wildman–Crippen MR) is 114 cm³/mol. The van der Waals surface area contributed by atoms with Gasteiger partial charge in [0.05, 0.1) is 6.42 Å². The molecule has 0 saturated heterocycles. The minimum absolute atomic E-state index is 0.0192. The molecule has 4 heteroatoms. The highest BCUT2D eigenvalue weighted by atomic mass is 16.2. The molecule has 0 aliphatic rings. The Morgan fingerprint density at radius 2 is 1.79 bits per heavy atom. The molecule has 1 atom stereocenters. The lowest BCUT2D eigenvalue weighted by atomic mass is 10.0. The molecule has 0 aliphatic carbocycles. The molecule has 0 aliphatic heterocycles. The van der Waals surface area contributed by atoms with Gasteiger partial charge >= 0.3 is 0 Å². The molecule has 0 heterocycles. The largest absolute Gasteiger partial charge is 0.354 e. The summed E-state index contributed by atoms with van der Waals surface area (Å²) < 4.78 is 0. The fourth-order valence-electron chi connectivity index (χ4n) is 3.37. The maximum absolute atomic E-state index is 13.3. The van der Waals surface area contributed by atoms with Crippen molar-refractivity contribution in [3.8, 4) is 0 Å². The Bertz CT molecular complexity index is 801. The van der Waals surface area contributed by atoms with Gasteiger partial charge in [0.1, 0.15) is 6.04 Å². The van der Waals surface area contributed by atoms with E-state index in [0.29, 0.717) is 25.9 Å². The molecule has 0 radical (unpaired) electrons. The van der Waals surface area contributed by atoms with E-state index < -0.39 is 6.04 Å². The van der Waals surface area contributed by atoms with Crippen LogP contribution in [0, 0.1) is 13.8 Å². The van der Waals surface area contributed by atoms with Gasteiger partial charge in [-0.2, -0.15) is 0 Å². The van der Waals surface area contributed by atoms with E-state index >= 15 is 0 Å². The number of aryl methyl sites for hydroxylation is 2. The standard InChI is InChI=1S/C24H32N2O2/c1-5-14-25-24(28)22(6-2)26(17-20-12-9-10-18(3)15-20)23(27)16-21-13-8-7-11-19(21)4/h7-13,15,22H,5-6,14,16-17H2,1-4H3,(H,25,28). The molecule has 0 bridgehead atoms. The van der Waals surface area contributed by atoms with E-state index in [4.69, 9.17) is 0 Å². The summed E-state index contributed by atoms with van der Waals surface area (Å²) in [7, 11) is 0. The Balaban J connectivity index is 2.29. The van der Waals surface area contributed by atoms with Gasteiger partial charge in [0.15, 0.2) is 0 Å². The van der Waals surface area contributed by atoms with Gasteiger partial charge in [-0.3, -0.25) is 9.59 Å². The normalized spacial score (nSPS) is 11.7. The average Bonchev–Trinajstić information content (AvgIpc) is 2.68. The SMILES string of the molecule is CCCNC(=O)C(CC)N(Cc1cccc(C)c1)C(=O)Cc1ccccc1C. The second kappa shape index (κ2) is 10.6. The van der Waals surface area contributed by atoms with Gasteiger partial charge < -0.3 is 10.2 Å². The number of amides is 2. The lowest BCUT2D eigenvalue weighted by Crippen LogP contribution is -2.49. The van der Waals surface area contributed by atoms with Crippen molar-refractivity contribution in [1.82, 2.24) is 10.2 Å². The second-order valence-corrected chi connectivity index (χ2v) is 7.33. The number of hydrogen-bond acceptors (Lipinski definition) is 2. The van der Waals surface area contributed by atoms with E-state index in [9.17, 15) is 9.59 Å². The summed E-state index contributed by atoms with van der Waals surface area (Å²) in [5.41, 5.74) is 4.28. The Morgan fingerprint density at radius 1 is 1.04 bits per heavy atom. The van der Waals surface area contributed by atoms with Crippen molar-refractivity contribution in [2.45, 2.75) is 59.5 Å². The van der Waals surface area contributed by atoms with Crippen LogP contribution in [-0.4, -0.2) is 29.3 Å². The molecule has 1 N–H and O–H groups in total. The van der Waals surface area contributed by atoms with Crippen LogP contribution in [0.4, 0.5) is 0 Å². The van der Waals surface area contributed by atoms with Crippen molar-refractivity contribution in [2.24, 2.45) is 0 Å². The van der Waals surface area contributed by atoms with Gasteiger partial charge in [0, 0.05) is 13.1 Å². The minimum Gasteiger partial charge on any atom is -0.354 e. The summed E-state index contributed by atoms with van der Waals surface area (Å²) in [6.07, 6.45) is 1.76. The molecule has 150 valence electrons. The zero-order chi connectivity index (χ0) is 20.5. The van der Waals surface area contributed by atoms with Gasteiger partial charge in [-0.15, -0.1) is 0 Å². The van der Waals surface area contributed by atoms with Crippen LogP contribution < -0.4 is 5.32 Å². The summed E-state index contributed by atoms with van der Waals surface area (Å²) in [5, 5.41) is 2.96. The molecule has 0 fully saturated rings. The van der Waals surface area contributed by atoms with E-state index in [0.717, 1.165) is 28.7 Å². The Labute approximate surface area is 169 Å². The average molecular weight is 381 g/mol. The van der Waals surface area contributed by atoms with E-state index in [-0.39, 0.29) is 11.8 Å². The number of carbonyl (C=O) groups is 2. The number of benzene rings is 2. The highest BCUT2D eigenvalue weighted by Crippen LogP contribution is 2.17. The molecule has 2 aromatic rings. The molecule has 28 heavy (non-hydrogen) atoms. The van der Waals surface area contributed by atoms with Gasteiger partial charge in [-0.25, -0.2) is 0 Å². The molecule has 4 nitrogen and oxygen atoms in total. The molecule has 1 unspecified atom stereocenters. The van der Waals surface area contributed by atoms with Crippen LogP contribution >= 0.6 is 0 Å². The molecule has 0 saturated carbocycles. The van der Waals surface area contributed by atoms with Crippen LogP contribution in [-0.2, 0) is 22.6 Å². The highest BCUT2D eigenvalue weighted by Gasteiger charge is 2.28. The van der Waals surface area contributed by atoms with Crippen LogP contribution in [0.1, 0.15) is 48.9 Å². The first kappa shape index (κ1) is 21.7. The summed E-state index contributed by atoms with van der Waals surface area (Å²) in [6.45, 7) is 9.09. The van der Waals surface area contributed by atoms with E-state index in [1.165, 1.54) is 0 Å². The first-order valence-corrected chi connectivity index (χ1v) is 10.1. The number of hydrogen-bond donors (Lipinski definition) is 1. The van der Waals surface area contributed by atoms with Crippen molar-refractivity contribution in [1.29, 1.82) is 0 Å². The van der Waals surface area contributed by atoms with Crippen LogP contribution in [0.5, 0.6) is 0 Å². The van der Waals surface area contributed by atoms with Crippen LogP contribution in [0.15, 0.2) is 48.5 Å². The predicted octanol–water partition coefficient (Wildman–Crippen LogP) is 4.18. The summed E-state index contributed by atoms with van der Waals surface area (Å²) in [4.78, 5) is 27.8. The minimum atomic E-state index is -0.469. The maximum atomic E-state index is 13.3. The van der Waals surface area contributed by atoms with Crippen LogP contribution in [0.2, 0.25) is 0 Å². The molecule has 2 rings (SSSR count). The molecule has 2 aromatic carbocycles. The molecule has 0 aromatic heterocycles. The number of nitrogens with one attached hydrogen (secondary N) is 1. The summed E-state index contributed by atoms with van der Waals surface area (Å²) in [6, 6.07) is 15.6. The smallest absolute Gasteiger partial charge is 0.242 e. The molecule has 0 spiro atoms. The lowest BCUT2D eigenvalue weighted by Gasteiger charge is -2.31.